The molecule has 2 N–H and O–H groups in total. The van der Waals surface area contributed by atoms with E-state index in [1.54, 1.807) is 0 Å². The van der Waals surface area contributed by atoms with E-state index in [1.165, 1.54) is 0 Å². The van der Waals surface area contributed by atoms with Crippen LogP contribution in [-0.4, -0.2) is 32.3 Å². The SMILES string of the molecule is [CH2-]C(=O)OCCOCCN.[K+]. The Morgan fingerprint density at radius 3 is 2.45 bits per heavy atom. The minimum Gasteiger partial charge on any atom is -0.486 e. The predicted molar refractivity (Wildman–Crippen MR) is 36.2 cm³/mol. The van der Waals surface area contributed by atoms with E-state index < -0.39 is 5.97 Å². The maximum Gasteiger partial charge on any atom is 1.00 e. The standard InChI is InChI=1S/C6H12NO3.K/c1-6(8)10-5-4-9-3-2-7;/h1-5,7H2;/q-1;+1. The second-order valence-corrected chi connectivity index (χ2v) is 1.62. The molecular weight excluding hydrogens is 173 g/mol. The Morgan fingerprint density at radius 1 is 1.36 bits per heavy atom. The van der Waals surface area contributed by atoms with Gasteiger partial charge in [-0.2, -0.15) is 0 Å². The van der Waals surface area contributed by atoms with Crippen LogP contribution in [0.4, 0.5) is 0 Å². The van der Waals surface area contributed by atoms with Crippen LogP contribution in [0.1, 0.15) is 0 Å². The zero-order valence-electron chi connectivity index (χ0n) is 6.84. The van der Waals surface area contributed by atoms with Crippen LogP contribution in [0.3, 0.4) is 0 Å². The Hall–Kier alpha value is 0.896. The van der Waals surface area contributed by atoms with E-state index in [0.717, 1.165) is 0 Å². The van der Waals surface area contributed by atoms with Gasteiger partial charge in [0, 0.05) is 6.54 Å². The Kier molecular flexibility index (Phi) is 14.3. The fourth-order valence-electron chi connectivity index (χ4n) is 0.400. The molecule has 0 radical (unpaired) electrons. The topological polar surface area (TPSA) is 61.5 Å². The molecule has 0 aromatic heterocycles. The van der Waals surface area contributed by atoms with Gasteiger partial charge in [0.05, 0.1) is 13.2 Å². The van der Waals surface area contributed by atoms with Crippen LogP contribution in [0.25, 0.3) is 0 Å². The van der Waals surface area contributed by atoms with Crippen LogP contribution < -0.4 is 57.1 Å². The molecule has 0 aliphatic rings. The molecule has 0 aliphatic carbocycles. The molecule has 0 atom stereocenters. The number of ether oxygens (including phenoxy) is 2. The summed E-state index contributed by atoms with van der Waals surface area (Å²) < 4.78 is 9.38. The van der Waals surface area contributed by atoms with Crippen LogP contribution in [0.15, 0.2) is 0 Å². The van der Waals surface area contributed by atoms with E-state index in [4.69, 9.17) is 10.5 Å². The number of carbonyl (C=O) groups excluding carboxylic acids is 1. The fraction of sp³-hybridized carbons (Fsp3) is 0.667. The van der Waals surface area contributed by atoms with Gasteiger partial charge in [-0.25, -0.2) is 0 Å². The van der Waals surface area contributed by atoms with Gasteiger partial charge < -0.3 is 15.2 Å². The molecule has 5 heteroatoms. The van der Waals surface area contributed by atoms with Crippen LogP contribution in [0.5, 0.6) is 0 Å². The third-order valence-corrected chi connectivity index (χ3v) is 0.753. The fourth-order valence-corrected chi connectivity index (χ4v) is 0.400. The molecule has 0 aromatic rings. The maximum atomic E-state index is 10.1. The summed E-state index contributed by atoms with van der Waals surface area (Å²) in [6, 6.07) is 0. The van der Waals surface area contributed by atoms with Gasteiger partial charge in [-0.3, -0.25) is 11.7 Å². The van der Waals surface area contributed by atoms with E-state index in [1.807, 2.05) is 0 Å². The summed E-state index contributed by atoms with van der Waals surface area (Å²) in [5.41, 5.74) is 5.13. The number of hydrogen-bond donors (Lipinski definition) is 1. The van der Waals surface area contributed by atoms with Crippen molar-refractivity contribution in [2.24, 2.45) is 5.73 Å². The minimum absolute atomic E-state index is 0. The van der Waals surface area contributed by atoms with Crippen molar-refractivity contribution in [3.63, 3.8) is 0 Å². The summed E-state index contributed by atoms with van der Waals surface area (Å²) in [5, 5.41) is 0. The largest absolute Gasteiger partial charge is 1.00 e. The van der Waals surface area contributed by atoms with Crippen LogP contribution >= 0.6 is 0 Å². The number of nitrogens with two attached hydrogens (primary N) is 1. The summed E-state index contributed by atoms with van der Waals surface area (Å²) in [6.07, 6.45) is 0. The zero-order valence-corrected chi connectivity index (χ0v) is 9.96. The monoisotopic (exact) mass is 185 g/mol. The molecule has 0 aromatic carbocycles. The third kappa shape index (κ3) is 13.8. The van der Waals surface area contributed by atoms with E-state index in [0.29, 0.717) is 19.8 Å². The Balaban J connectivity index is 0. The van der Waals surface area contributed by atoms with E-state index >= 15 is 0 Å². The zero-order chi connectivity index (χ0) is 7.82. The molecule has 0 bridgehead atoms. The molecule has 0 rings (SSSR count). The number of hydrogen-bond acceptors (Lipinski definition) is 4. The first-order valence-corrected chi connectivity index (χ1v) is 3.04. The van der Waals surface area contributed by atoms with Crippen molar-refractivity contribution in [2.75, 3.05) is 26.4 Å². The van der Waals surface area contributed by atoms with Gasteiger partial charge in [0.1, 0.15) is 6.61 Å². The van der Waals surface area contributed by atoms with Crippen LogP contribution in [0, 0.1) is 6.92 Å². The van der Waals surface area contributed by atoms with Crippen LogP contribution in [-0.2, 0) is 14.3 Å². The molecule has 0 saturated carbocycles. The molecule has 0 unspecified atom stereocenters. The minimum atomic E-state index is -0.531. The van der Waals surface area contributed by atoms with Crippen molar-refractivity contribution in [3.05, 3.63) is 6.92 Å². The van der Waals surface area contributed by atoms with Gasteiger partial charge in [-0.05, 0) is 0 Å². The van der Waals surface area contributed by atoms with Gasteiger partial charge in [-0.15, -0.1) is 0 Å². The summed E-state index contributed by atoms with van der Waals surface area (Å²) in [5.74, 6) is -0.531. The quantitative estimate of drug-likeness (QED) is 0.208. The van der Waals surface area contributed by atoms with E-state index in [-0.39, 0.29) is 58.0 Å². The van der Waals surface area contributed by atoms with Crippen molar-refractivity contribution in [3.8, 4) is 0 Å². The first-order chi connectivity index (χ1) is 4.77. The summed E-state index contributed by atoms with van der Waals surface area (Å²) in [4.78, 5) is 10.1. The Labute approximate surface area is 109 Å². The molecule has 0 spiro atoms. The number of carbonyl (C=O) groups is 1. The normalized spacial score (nSPS) is 8.45. The molecule has 0 amide bonds. The molecular formula is C6H12KNO3. The number of rotatable bonds is 5. The van der Waals surface area contributed by atoms with Crippen molar-refractivity contribution >= 4 is 5.97 Å². The predicted octanol–water partition coefficient (Wildman–Crippen LogP) is -3.66. The second-order valence-electron chi connectivity index (χ2n) is 1.62. The Bertz CT molecular complexity index is 99.8. The second kappa shape index (κ2) is 10.9. The van der Waals surface area contributed by atoms with Crippen molar-refractivity contribution < 1.29 is 65.7 Å². The average molecular weight is 185 g/mol. The summed E-state index contributed by atoms with van der Waals surface area (Å²) >= 11 is 0. The first-order valence-electron chi connectivity index (χ1n) is 3.04. The molecule has 0 saturated heterocycles. The van der Waals surface area contributed by atoms with Gasteiger partial charge in [0.15, 0.2) is 5.97 Å². The molecule has 60 valence electrons. The number of esters is 1. The van der Waals surface area contributed by atoms with Crippen LogP contribution in [0.2, 0.25) is 0 Å². The van der Waals surface area contributed by atoms with Crippen molar-refractivity contribution in [1.29, 1.82) is 0 Å². The molecule has 0 fully saturated rings. The maximum absolute atomic E-state index is 10.1. The van der Waals surface area contributed by atoms with Gasteiger partial charge in [0.25, 0.3) is 0 Å². The Morgan fingerprint density at radius 2 is 2.00 bits per heavy atom. The van der Waals surface area contributed by atoms with Crippen molar-refractivity contribution in [1.82, 2.24) is 0 Å². The summed E-state index contributed by atoms with van der Waals surface area (Å²) in [7, 11) is 0. The van der Waals surface area contributed by atoms with E-state index in [9.17, 15) is 4.79 Å². The van der Waals surface area contributed by atoms with Gasteiger partial charge in [0.2, 0.25) is 0 Å². The van der Waals surface area contributed by atoms with Gasteiger partial charge in [-0.1, -0.05) is 0 Å². The smallest absolute Gasteiger partial charge is 0.486 e. The molecule has 11 heavy (non-hydrogen) atoms. The average Bonchev–Trinajstić information content (AvgIpc) is 1.87. The first kappa shape index (κ1) is 14.4. The third-order valence-electron chi connectivity index (χ3n) is 0.753. The molecule has 0 aliphatic heterocycles. The molecule has 4 nitrogen and oxygen atoms in total. The van der Waals surface area contributed by atoms with Gasteiger partial charge >= 0.3 is 51.4 Å². The van der Waals surface area contributed by atoms with Crippen molar-refractivity contribution in [2.45, 2.75) is 0 Å². The van der Waals surface area contributed by atoms with E-state index in [2.05, 4.69) is 11.7 Å². The molecule has 0 heterocycles. The summed E-state index contributed by atoms with van der Waals surface area (Å²) in [6.45, 7) is 4.63.